The van der Waals surface area contributed by atoms with Crippen LogP contribution in [0.3, 0.4) is 0 Å². The fourth-order valence-corrected chi connectivity index (χ4v) is 4.28. The molecular formula is C25H24N4. The minimum absolute atomic E-state index is 0.388. The lowest BCUT2D eigenvalue weighted by Crippen LogP contribution is -2.23. The summed E-state index contributed by atoms with van der Waals surface area (Å²) in [5, 5.41) is 7.57. The Morgan fingerprint density at radius 2 is 1.62 bits per heavy atom. The van der Waals surface area contributed by atoms with Crippen molar-refractivity contribution in [2.75, 3.05) is 6.54 Å². The number of aromatic nitrogens is 3. The molecule has 1 N–H and O–H groups in total. The largest absolute Gasteiger partial charge is 0.290 e. The van der Waals surface area contributed by atoms with E-state index >= 15 is 0 Å². The maximum Gasteiger partial charge on any atom is 0.0695 e. The molecule has 1 aliphatic rings. The molecule has 29 heavy (non-hydrogen) atoms. The van der Waals surface area contributed by atoms with Crippen molar-refractivity contribution in [1.29, 1.82) is 0 Å². The van der Waals surface area contributed by atoms with Crippen LogP contribution in [0.1, 0.15) is 30.1 Å². The molecule has 1 aliphatic heterocycles. The van der Waals surface area contributed by atoms with Gasteiger partial charge in [-0.1, -0.05) is 60.7 Å². The maximum absolute atomic E-state index is 4.59. The van der Waals surface area contributed by atoms with Crippen LogP contribution in [0.5, 0.6) is 0 Å². The zero-order chi connectivity index (χ0) is 19.5. The summed E-state index contributed by atoms with van der Waals surface area (Å²) >= 11 is 0. The Kier molecular flexibility index (Phi) is 4.93. The highest BCUT2D eigenvalue weighted by atomic mass is 15.2. The summed E-state index contributed by atoms with van der Waals surface area (Å²) in [7, 11) is 0. The van der Waals surface area contributed by atoms with Gasteiger partial charge < -0.3 is 0 Å². The first-order chi connectivity index (χ1) is 14.4. The summed E-state index contributed by atoms with van der Waals surface area (Å²) in [4.78, 5) is 7.12. The van der Waals surface area contributed by atoms with Gasteiger partial charge in [0.2, 0.25) is 0 Å². The molecule has 0 aliphatic carbocycles. The molecular weight excluding hydrogens is 356 g/mol. The number of nitrogens with one attached hydrogen (secondary N) is 1. The summed E-state index contributed by atoms with van der Waals surface area (Å²) in [5.74, 6) is 0. The fourth-order valence-electron chi connectivity index (χ4n) is 4.28. The van der Waals surface area contributed by atoms with Crippen molar-refractivity contribution in [2.24, 2.45) is 0 Å². The van der Waals surface area contributed by atoms with Crippen LogP contribution in [0.15, 0.2) is 85.2 Å². The number of H-pyrrole nitrogens is 1. The van der Waals surface area contributed by atoms with Crippen LogP contribution < -0.4 is 0 Å². The van der Waals surface area contributed by atoms with Gasteiger partial charge in [-0.2, -0.15) is 5.10 Å². The Hall–Kier alpha value is -3.24. The number of hydrogen-bond acceptors (Lipinski definition) is 3. The van der Waals surface area contributed by atoms with Crippen LogP contribution in [-0.2, 0) is 6.54 Å². The molecule has 0 radical (unpaired) electrons. The highest BCUT2D eigenvalue weighted by Crippen LogP contribution is 2.34. The summed E-state index contributed by atoms with van der Waals surface area (Å²) in [6.07, 6.45) is 6.23. The monoisotopic (exact) mass is 380 g/mol. The number of aromatic amines is 1. The predicted molar refractivity (Wildman–Crippen MR) is 116 cm³/mol. The molecule has 0 spiro atoms. The molecule has 5 rings (SSSR count). The van der Waals surface area contributed by atoms with Gasteiger partial charge >= 0.3 is 0 Å². The third-order valence-electron chi connectivity index (χ3n) is 5.76. The SMILES string of the molecule is c1ccc(-c2ccc(-c3[nH]ncc3CN3CCC[C@@H]3c3ccccn3)cc2)cc1. The Labute approximate surface area is 171 Å². The molecule has 0 amide bonds. The van der Waals surface area contributed by atoms with E-state index in [9.17, 15) is 0 Å². The first-order valence-corrected chi connectivity index (χ1v) is 10.2. The topological polar surface area (TPSA) is 44.8 Å². The van der Waals surface area contributed by atoms with Gasteiger partial charge in [0, 0.05) is 18.3 Å². The predicted octanol–water partition coefficient (Wildman–Crippen LogP) is 5.48. The highest BCUT2D eigenvalue weighted by Gasteiger charge is 2.27. The molecule has 4 heteroatoms. The first-order valence-electron chi connectivity index (χ1n) is 10.2. The van der Waals surface area contributed by atoms with Crippen LogP contribution in [0, 0.1) is 0 Å². The molecule has 2 aromatic heterocycles. The smallest absolute Gasteiger partial charge is 0.0695 e. The number of benzene rings is 2. The molecule has 1 fully saturated rings. The zero-order valence-corrected chi connectivity index (χ0v) is 16.3. The van der Waals surface area contributed by atoms with Crippen LogP contribution in [0.2, 0.25) is 0 Å². The van der Waals surface area contributed by atoms with Crippen molar-refractivity contribution in [3.63, 3.8) is 0 Å². The minimum Gasteiger partial charge on any atom is -0.290 e. The van der Waals surface area contributed by atoms with Gasteiger partial charge in [0.05, 0.1) is 23.6 Å². The van der Waals surface area contributed by atoms with E-state index in [0.29, 0.717) is 6.04 Å². The lowest BCUT2D eigenvalue weighted by Gasteiger charge is -2.24. The lowest BCUT2D eigenvalue weighted by molar-refractivity contribution is 0.245. The van der Waals surface area contributed by atoms with E-state index in [1.54, 1.807) is 0 Å². The Bertz CT molecular complexity index is 1050. The quantitative estimate of drug-likeness (QED) is 0.499. The van der Waals surface area contributed by atoms with Crippen molar-refractivity contribution in [2.45, 2.75) is 25.4 Å². The molecule has 4 aromatic rings. The highest BCUT2D eigenvalue weighted by molar-refractivity contribution is 5.70. The molecule has 2 aromatic carbocycles. The summed E-state index contributed by atoms with van der Waals surface area (Å²) in [5.41, 5.74) is 7.15. The van der Waals surface area contributed by atoms with E-state index in [2.05, 4.69) is 80.7 Å². The Morgan fingerprint density at radius 1 is 0.862 bits per heavy atom. The molecule has 144 valence electrons. The summed E-state index contributed by atoms with van der Waals surface area (Å²) < 4.78 is 0. The molecule has 1 saturated heterocycles. The van der Waals surface area contributed by atoms with Crippen LogP contribution in [0.25, 0.3) is 22.4 Å². The van der Waals surface area contributed by atoms with E-state index in [0.717, 1.165) is 25.2 Å². The van der Waals surface area contributed by atoms with E-state index in [1.807, 2.05) is 24.5 Å². The van der Waals surface area contributed by atoms with Gasteiger partial charge in [0.25, 0.3) is 0 Å². The summed E-state index contributed by atoms with van der Waals surface area (Å²) in [6.45, 7) is 1.98. The van der Waals surface area contributed by atoms with Crippen molar-refractivity contribution < 1.29 is 0 Å². The van der Waals surface area contributed by atoms with Gasteiger partial charge in [-0.05, 0) is 48.2 Å². The first kappa shape index (κ1) is 17.8. The number of rotatable bonds is 5. The van der Waals surface area contributed by atoms with E-state index < -0.39 is 0 Å². The van der Waals surface area contributed by atoms with Gasteiger partial charge in [0.15, 0.2) is 0 Å². The number of hydrogen-bond donors (Lipinski definition) is 1. The second-order valence-electron chi connectivity index (χ2n) is 7.60. The molecule has 1 atom stereocenters. The van der Waals surface area contributed by atoms with E-state index in [-0.39, 0.29) is 0 Å². The van der Waals surface area contributed by atoms with Crippen LogP contribution >= 0.6 is 0 Å². The number of nitrogens with zero attached hydrogens (tertiary/aromatic N) is 3. The fraction of sp³-hybridized carbons (Fsp3) is 0.200. The second-order valence-corrected chi connectivity index (χ2v) is 7.60. The standard InChI is InChI=1S/C25H24N4/c1-2-7-19(8-3-1)20-11-13-21(14-12-20)25-22(17-27-28-25)18-29-16-6-10-24(29)23-9-4-5-15-26-23/h1-5,7-9,11-15,17,24H,6,10,16,18H2,(H,27,28)/t24-/m1/s1. The average Bonchev–Trinajstić information content (AvgIpc) is 3.45. The van der Waals surface area contributed by atoms with Gasteiger partial charge in [0.1, 0.15) is 0 Å². The normalized spacial score (nSPS) is 16.9. The Balaban J connectivity index is 1.37. The van der Waals surface area contributed by atoms with Gasteiger partial charge in [-0.15, -0.1) is 0 Å². The third kappa shape index (κ3) is 3.71. The molecule has 3 heterocycles. The van der Waals surface area contributed by atoms with Gasteiger partial charge in [-0.3, -0.25) is 15.0 Å². The second kappa shape index (κ2) is 8.02. The number of likely N-dealkylation sites (tertiary alicyclic amines) is 1. The molecule has 0 saturated carbocycles. The van der Waals surface area contributed by atoms with Crippen molar-refractivity contribution >= 4 is 0 Å². The van der Waals surface area contributed by atoms with E-state index in [4.69, 9.17) is 0 Å². The third-order valence-corrected chi connectivity index (χ3v) is 5.76. The van der Waals surface area contributed by atoms with Crippen LogP contribution in [-0.4, -0.2) is 26.6 Å². The van der Waals surface area contributed by atoms with E-state index in [1.165, 1.54) is 34.4 Å². The zero-order valence-electron chi connectivity index (χ0n) is 16.3. The minimum atomic E-state index is 0.388. The van der Waals surface area contributed by atoms with Crippen molar-refractivity contribution in [3.05, 3.63) is 96.4 Å². The number of pyridine rings is 1. The Morgan fingerprint density at radius 3 is 2.41 bits per heavy atom. The molecule has 0 unspecified atom stereocenters. The van der Waals surface area contributed by atoms with Gasteiger partial charge in [-0.25, -0.2) is 0 Å². The molecule has 0 bridgehead atoms. The summed E-state index contributed by atoms with van der Waals surface area (Å²) in [6, 6.07) is 25.8. The molecule has 4 nitrogen and oxygen atoms in total. The lowest BCUT2D eigenvalue weighted by atomic mass is 10.0. The average molecular weight is 380 g/mol. The maximum atomic E-state index is 4.59. The van der Waals surface area contributed by atoms with Crippen molar-refractivity contribution in [1.82, 2.24) is 20.1 Å². The van der Waals surface area contributed by atoms with Crippen LogP contribution in [0.4, 0.5) is 0 Å². The van der Waals surface area contributed by atoms with Crippen molar-refractivity contribution in [3.8, 4) is 22.4 Å².